The highest BCUT2D eigenvalue weighted by atomic mass is 16.3. The van der Waals surface area contributed by atoms with Crippen LogP contribution in [0.3, 0.4) is 0 Å². The molecule has 0 amide bonds. The van der Waals surface area contributed by atoms with Crippen molar-refractivity contribution in [2.75, 3.05) is 6.61 Å². The zero-order chi connectivity index (χ0) is 6.20. The zero-order valence-corrected chi connectivity index (χ0v) is 5.22. The molecule has 2 heteroatoms. The van der Waals surface area contributed by atoms with Crippen LogP contribution in [-0.4, -0.2) is 17.8 Å². The third kappa shape index (κ3) is 0.740. The standard InChI is InChI=1S/C6H13NO/c1-5(7)6(4-8)2-3-6/h5,8H,2-4,7H2,1H3. The predicted octanol–water partition coefficient (Wildman–Crippen LogP) is 0.106. The monoisotopic (exact) mass is 115 g/mol. The maximum absolute atomic E-state index is 8.75. The van der Waals surface area contributed by atoms with Crippen LogP contribution in [0.2, 0.25) is 0 Å². The largest absolute Gasteiger partial charge is 0.396 e. The molecule has 1 aliphatic carbocycles. The van der Waals surface area contributed by atoms with Crippen molar-refractivity contribution in [3.63, 3.8) is 0 Å². The molecule has 0 radical (unpaired) electrons. The highest BCUT2D eigenvalue weighted by Gasteiger charge is 2.45. The van der Waals surface area contributed by atoms with Gasteiger partial charge in [-0.1, -0.05) is 0 Å². The van der Waals surface area contributed by atoms with Gasteiger partial charge >= 0.3 is 0 Å². The van der Waals surface area contributed by atoms with Crippen LogP contribution >= 0.6 is 0 Å². The van der Waals surface area contributed by atoms with Gasteiger partial charge in [-0.25, -0.2) is 0 Å². The van der Waals surface area contributed by atoms with E-state index in [1.54, 1.807) is 0 Å². The Morgan fingerprint density at radius 3 is 2.25 bits per heavy atom. The Labute approximate surface area is 49.7 Å². The molecule has 2 nitrogen and oxygen atoms in total. The number of nitrogens with two attached hydrogens (primary N) is 1. The quantitative estimate of drug-likeness (QED) is 0.536. The van der Waals surface area contributed by atoms with Crippen molar-refractivity contribution in [2.45, 2.75) is 25.8 Å². The van der Waals surface area contributed by atoms with Gasteiger partial charge in [-0.15, -0.1) is 0 Å². The van der Waals surface area contributed by atoms with E-state index in [0.717, 1.165) is 12.8 Å². The summed E-state index contributed by atoms with van der Waals surface area (Å²) in [5.74, 6) is 0. The van der Waals surface area contributed by atoms with Gasteiger partial charge in [-0.2, -0.15) is 0 Å². The molecular formula is C6H13NO. The van der Waals surface area contributed by atoms with Crippen molar-refractivity contribution in [1.29, 1.82) is 0 Å². The third-order valence-electron chi connectivity index (χ3n) is 2.17. The Hall–Kier alpha value is -0.0800. The van der Waals surface area contributed by atoms with Crippen LogP contribution in [-0.2, 0) is 0 Å². The minimum Gasteiger partial charge on any atom is -0.396 e. The van der Waals surface area contributed by atoms with E-state index in [4.69, 9.17) is 10.8 Å². The van der Waals surface area contributed by atoms with Crippen LogP contribution in [0.15, 0.2) is 0 Å². The average molecular weight is 115 g/mol. The Morgan fingerprint density at radius 2 is 2.25 bits per heavy atom. The fourth-order valence-electron chi connectivity index (χ4n) is 0.918. The second-order valence-corrected chi connectivity index (χ2v) is 2.81. The smallest absolute Gasteiger partial charge is 0.0502 e. The molecule has 0 bridgehead atoms. The van der Waals surface area contributed by atoms with E-state index in [2.05, 4.69) is 0 Å². The van der Waals surface area contributed by atoms with Gasteiger partial charge in [-0.3, -0.25) is 0 Å². The summed E-state index contributed by atoms with van der Waals surface area (Å²) in [5.41, 5.74) is 5.71. The Morgan fingerprint density at radius 1 is 1.75 bits per heavy atom. The molecule has 1 saturated carbocycles. The van der Waals surface area contributed by atoms with E-state index in [1.807, 2.05) is 6.92 Å². The molecule has 1 aliphatic rings. The number of rotatable bonds is 2. The first-order valence-corrected chi connectivity index (χ1v) is 3.08. The average Bonchev–Trinajstić information content (AvgIpc) is 2.44. The topological polar surface area (TPSA) is 46.2 Å². The minimum atomic E-state index is 0.125. The lowest BCUT2D eigenvalue weighted by atomic mass is 10.0. The van der Waals surface area contributed by atoms with E-state index in [-0.39, 0.29) is 18.1 Å². The Balaban J connectivity index is 2.41. The van der Waals surface area contributed by atoms with E-state index in [9.17, 15) is 0 Å². The van der Waals surface area contributed by atoms with Crippen molar-refractivity contribution >= 4 is 0 Å². The third-order valence-corrected chi connectivity index (χ3v) is 2.17. The molecule has 1 rings (SSSR count). The molecule has 0 aliphatic heterocycles. The van der Waals surface area contributed by atoms with E-state index in [1.165, 1.54) is 0 Å². The van der Waals surface area contributed by atoms with Crippen molar-refractivity contribution in [2.24, 2.45) is 11.1 Å². The lowest BCUT2D eigenvalue weighted by molar-refractivity contribution is 0.192. The predicted molar refractivity (Wildman–Crippen MR) is 32.4 cm³/mol. The summed E-state index contributed by atoms with van der Waals surface area (Å²) >= 11 is 0. The SMILES string of the molecule is CC(N)C1(CO)CC1. The Bertz CT molecular complexity index is 86.5. The van der Waals surface area contributed by atoms with Crippen molar-refractivity contribution in [3.05, 3.63) is 0 Å². The van der Waals surface area contributed by atoms with Gasteiger partial charge in [0, 0.05) is 11.5 Å². The second kappa shape index (κ2) is 1.71. The van der Waals surface area contributed by atoms with Crippen LogP contribution in [0.1, 0.15) is 19.8 Å². The van der Waals surface area contributed by atoms with E-state index >= 15 is 0 Å². The second-order valence-electron chi connectivity index (χ2n) is 2.81. The van der Waals surface area contributed by atoms with Crippen LogP contribution in [0.4, 0.5) is 0 Å². The van der Waals surface area contributed by atoms with Gasteiger partial charge in [0.2, 0.25) is 0 Å². The van der Waals surface area contributed by atoms with Crippen LogP contribution < -0.4 is 5.73 Å². The highest BCUT2D eigenvalue weighted by molar-refractivity contribution is 4.98. The molecule has 0 spiro atoms. The zero-order valence-electron chi connectivity index (χ0n) is 5.22. The van der Waals surface area contributed by atoms with Gasteiger partial charge in [0.15, 0.2) is 0 Å². The molecule has 0 aromatic heterocycles. The molecule has 1 fully saturated rings. The molecule has 0 saturated heterocycles. The first kappa shape index (κ1) is 6.05. The maximum Gasteiger partial charge on any atom is 0.0502 e. The molecule has 48 valence electrons. The lowest BCUT2D eigenvalue weighted by Gasteiger charge is -2.14. The van der Waals surface area contributed by atoms with Crippen LogP contribution in [0.5, 0.6) is 0 Å². The highest BCUT2D eigenvalue weighted by Crippen LogP contribution is 2.47. The summed E-state index contributed by atoms with van der Waals surface area (Å²) in [7, 11) is 0. The minimum absolute atomic E-state index is 0.125. The molecule has 0 aromatic carbocycles. The molecule has 0 heterocycles. The first-order valence-electron chi connectivity index (χ1n) is 3.08. The summed E-state index contributed by atoms with van der Waals surface area (Å²) in [6, 6.07) is 0.174. The number of aliphatic hydroxyl groups is 1. The summed E-state index contributed by atoms with van der Waals surface area (Å²) < 4.78 is 0. The normalized spacial score (nSPS) is 27.4. The molecule has 8 heavy (non-hydrogen) atoms. The first-order chi connectivity index (χ1) is 3.71. The molecule has 1 unspecified atom stereocenters. The van der Waals surface area contributed by atoms with Crippen LogP contribution in [0, 0.1) is 5.41 Å². The molecule has 1 atom stereocenters. The van der Waals surface area contributed by atoms with E-state index in [0.29, 0.717) is 0 Å². The molecule has 0 aromatic rings. The van der Waals surface area contributed by atoms with E-state index < -0.39 is 0 Å². The van der Waals surface area contributed by atoms with Gasteiger partial charge in [0.05, 0.1) is 6.61 Å². The number of aliphatic hydroxyl groups excluding tert-OH is 1. The number of hydrogen-bond donors (Lipinski definition) is 2. The maximum atomic E-state index is 8.75. The summed E-state index contributed by atoms with van der Waals surface area (Å²) in [6.07, 6.45) is 2.22. The van der Waals surface area contributed by atoms with Crippen LogP contribution in [0.25, 0.3) is 0 Å². The van der Waals surface area contributed by atoms with Gasteiger partial charge < -0.3 is 10.8 Å². The summed E-state index contributed by atoms with van der Waals surface area (Å²) in [6.45, 7) is 2.23. The Kier molecular flexibility index (Phi) is 1.29. The van der Waals surface area contributed by atoms with Crippen molar-refractivity contribution < 1.29 is 5.11 Å². The van der Waals surface area contributed by atoms with Gasteiger partial charge in [-0.05, 0) is 19.8 Å². The molecule has 3 N–H and O–H groups in total. The van der Waals surface area contributed by atoms with Gasteiger partial charge in [0.25, 0.3) is 0 Å². The summed E-state index contributed by atoms with van der Waals surface area (Å²) in [4.78, 5) is 0. The number of hydrogen-bond acceptors (Lipinski definition) is 2. The summed E-state index contributed by atoms with van der Waals surface area (Å²) in [5, 5.41) is 8.75. The lowest BCUT2D eigenvalue weighted by Crippen LogP contribution is -2.30. The molecular weight excluding hydrogens is 102 g/mol. The van der Waals surface area contributed by atoms with Crippen molar-refractivity contribution in [1.82, 2.24) is 0 Å². The fraction of sp³-hybridized carbons (Fsp3) is 1.00. The van der Waals surface area contributed by atoms with Gasteiger partial charge in [0.1, 0.15) is 0 Å². The van der Waals surface area contributed by atoms with Crippen molar-refractivity contribution in [3.8, 4) is 0 Å². The fourth-order valence-corrected chi connectivity index (χ4v) is 0.918.